The minimum absolute atomic E-state index is 0.0769. The average Bonchev–Trinajstić information content (AvgIpc) is 2.10. The van der Waals surface area contributed by atoms with Gasteiger partial charge >= 0.3 is 0 Å². The van der Waals surface area contributed by atoms with Gasteiger partial charge < -0.3 is 15.8 Å². The van der Waals surface area contributed by atoms with Crippen LogP contribution in [0.4, 0.5) is 0 Å². The number of likely N-dealkylation sites (tertiary alicyclic amines) is 1. The standard InChI is InChI=1S/C9H19N3O2/c1-14-4-2-3-11-9(13)7-12-5-8(10)6-12/h8H,2-7,10H2,1H3,(H,11,13). The Kier molecular flexibility index (Phi) is 4.86. The van der Waals surface area contributed by atoms with Crippen molar-refractivity contribution < 1.29 is 9.53 Å². The Labute approximate surface area is 84.6 Å². The van der Waals surface area contributed by atoms with E-state index in [4.69, 9.17) is 10.5 Å². The number of nitrogens with one attached hydrogen (secondary N) is 1. The van der Waals surface area contributed by atoms with E-state index in [1.54, 1.807) is 7.11 Å². The summed E-state index contributed by atoms with van der Waals surface area (Å²) in [5, 5.41) is 2.83. The molecule has 0 aliphatic carbocycles. The SMILES string of the molecule is COCCCNC(=O)CN1CC(N)C1. The first-order valence-corrected chi connectivity index (χ1v) is 4.96. The van der Waals surface area contributed by atoms with Gasteiger partial charge in [-0.1, -0.05) is 0 Å². The molecule has 82 valence electrons. The van der Waals surface area contributed by atoms with Crippen LogP contribution >= 0.6 is 0 Å². The van der Waals surface area contributed by atoms with Gasteiger partial charge in [0.05, 0.1) is 6.54 Å². The van der Waals surface area contributed by atoms with E-state index in [9.17, 15) is 4.79 Å². The molecule has 0 atom stereocenters. The van der Waals surface area contributed by atoms with Gasteiger partial charge in [0, 0.05) is 39.4 Å². The number of methoxy groups -OCH3 is 1. The lowest BCUT2D eigenvalue weighted by molar-refractivity contribution is -0.123. The summed E-state index contributed by atoms with van der Waals surface area (Å²) < 4.78 is 4.87. The molecule has 0 saturated carbocycles. The van der Waals surface area contributed by atoms with E-state index in [0.29, 0.717) is 19.7 Å². The van der Waals surface area contributed by atoms with E-state index in [0.717, 1.165) is 19.5 Å². The molecule has 1 aliphatic rings. The lowest BCUT2D eigenvalue weighted by atomic mass is 10.1. The number of nitrogens with zero attached hydrogens (tertiary/aromatic N) is 1. The first-order chi connectivity index (χ1) is 6.72. The van der Waals surface area contributed by atoms with E-state index in [1.807, 2.05) is 4.90 Å². The first-order valence-electron chi connectivity index (χ1n) is 4.96. The normalized spacial score (nSPS) is 17.9. The monoisotopic (exact) mass is 201 g/mol. The Bertz CT molecular complexity index is 181. The quantitative estimate of drug-likeness (QED) is 0.529. The maximum Gasteiger partial charge on any atom is 0.234 e. The topological polar surface area (TPSA) is 67.6 Å². The van der Waals surface area contributed by atoms with E-state index in [1.165, 1.54) is 0 Å². The van der Waals surface area contributed by atoms with Gasteiger partial charge in [-0.2, -0.15) is 0 Å². The molecule has 3 N–H and O–H groups in total. The molecule has 1 aliphatic heterocycles. The Balaban J connectivity index is 1.94. The third kappa shape index (κ3) is 4.04. The smallest absolute Gasteiger partial charge is 0.234 e. The maximum absolute atomic E-state index is 11.3. The molecule has 0 aromatic heterocycles. The number of nitrogens with two attached hydrogens (primary N) is 1. The van der Waals surface area contributed by atoms with Crippen molar-refractivity contribution in [2.75, 3.05) is 39.9 Å². The van der Waals surface area contributed by atoms with E-state index in [-0.39, 0.29) is 11.9 Å². The molecule has 1 saturated heterocycles. The van der Waals surface area contributed by atoms with Crippen molar-refractivity contribution in [1.29, 1.82) is 0 Å². The summed E-state index contributed by atoms with van der Waals surface area (Å²) in [6.07, 6.45) is 0.863. The minimum atomic E-state index is 0.0769. The van der Waals surface area contributed by atoms with Crippen LogP contribution < -0.4 is 11.1 Å². The fourth-order valence-electron chi connectivity index (χ4n) is 1.44. The third-order valence-electron chi connectivity index (χ3n) is 2.20. The van der Waals surface area contributed by atoms with Crippen molar-refractivity contribution in [2.45, 2.75) is 12.5 Å². The average molecular weight is 201 g/mol. The summed E-state index contributed by atoms with van der Waals surface area (Å²) in [5.74, 6) is 0.0769. The van der Waals surface area contributed by atoms with Gasteiger partial charge in [-0.15, -0.1) is 0 Å². The molecule has 0 spiro atoms. The van der Waals surface area contributed by atoms with Gasteiger partial charge in [0.25, 0.3) is 0 Å². The Hall–Kier alpha value is -0.650. The van der Waals surface area contributed by atoms with Gasteiger partial charge in [-0.05, 0) is 6.42 Å². The number of hydrogen-bond donors (Lipinski definition) is 2. The summed E-state index contributed by atoms with van der Waals surface area (Å²) in [7, 11) is 1.66. The van der Waals surface area contributed by atoms with Crippen LogP contribution in [0.15, 0.2) is 0 Å². The zero-order chi connectivity index (χ0) is 10.4. The predicted octanol–water partition coefficient (Wildman–Crippen LogP) is -1.22. The lowest BCUT2D eigenvalue weighted by Gasteiger charge is -2.36. The van der Waals surface area contributed by atoms with Crippen LogP contribution in [0.25, 0.3) is 0 Å². The highest BCUT2D eigenvalue weighted by molar-refractivity contribution is 5.78. The highest BCUT2D eigenvalue weighted by Crippen LogP contribution is 2.03. The lowest BCUT2D eigenvalue weighted by Crippen LogP contribution is -2.57. The molecule has 5 nitrogen and oxygen atoms in total. The van der Waals surface area contributed by atoms with Crippen molar-refractivity contribution in [3.8, 4) is 0 Å². The molecule has 0 bridgehead atoms. The minimum Gasteiger partial charge on any atom is -0.385 e. The van der Waals surface area contributed by atoms with Gasteiger partial charge in [0.15, 0.2) is 0 Å². The number of ether oxygens (including phenoxy) is 1. The van der Waals surface area contributed by atoms with E-state index >= 15 is 0 Å². The van der Waals surface area contributed by atoms with Crippen molar-refractivity contribution in [3.05, 3.63) is 0 Å². The van der Waals surface area contributed by atoms with Crippen LogP contribution in [0.3, 0.4) is 0 Å². The summed E-state index contributed by atoms with van der Waals surface area (Å²) in [5.41, 5.74) is 5.59. The summed E-state index contributed by atoms with van der Waals surface area (Å²) >= 11 is 0. The molecule has 1 heterocycles. The summed E-state index contributed by atoms with van der Waals surface area (Å²) in [4.78, 5) is 13.3. The largest absolute Gasteiger partial charge is 0.385 e. The van der Waals surface area contributed by atoms with Crippen molar-refractivity contribution in [2.24, 2.45) is 5.73 Å². The van der Waals surface area contributed by atoms with Gasteiger partial charge in [-0.3, -0.25) is 9.69 Å². The summed E-state index contributed by atoms with van der Waals surface area (Å²) in [6.45, 7) is 3.53. The molecular formula is C9H19N3O2. The Morgan fingerprint density at radius 1 is 1.64 bits per heavy atom. The third-order valence-corrected chi connectivity index (χ3v) is 2.20. The second-order valence-corrected chi connectivity index (χ2v) is 3.65. The molecule has 14 heavy (non-hydrogen) atoms. The van der Waals surface area contributed by atoms with Crippen molar-refractivity contribution in [3.63, 3.8) is 0 Å². The Morgan fingerprint density at radius 3 is 2.93 bits per heavy atom. The fourth-order valence-corrected chi connectivity index (χ4v) is 1.44. The molecule has 0 aromatic carbocycles. The van der Waals surface area contributed by atoms with E-state index in [2.05, 4.69) is 5.32 Å². The molecule has 0 radical (unpaired) electrons. The second-order valence-electron chi connectivity index (χ2n) is 3.65. The Morgan fingerprint density at radius 2 is 2.36 bits per heavy atom. The molecule has 1 amide bonds. The van der Waals surface area contributed by atoms with Crippen LogP contribution in [0.2, 0.25) is 0 Å². The zero-order valence-electron chi connectivity index (χ0n) is 8.66. The number of amides is 1. The van der Waals surface area contributed by atoms with Crippen LogP contribution in [0, 0.1) is 0 Å². The van der Waals surface area contributed by atoms with Crippen LogP contribution in [0.5, 0.6) is 0 Å². The molecule has 1 fully saturated rings. The van der Waals surface area contributed by atoms with Gasteiger partial charge in [0.2, 0.25) is 5.91 Å². The number of hydrogen-bond acceptors (Lipinski definition) is 4. The van der Waals surface area contributed by atoms with Crippen LogP contribution in [-0.2, 0) is 9.53 Å². The maximum atomic E-state index is 11.3. The highest BCUT2D eigenvalue weighted by atomic mass is 16.5. The van der Waals surface area contributed by atoms with Crippen molar-refractivity contribution in [1.82, 2.24) is 10.2 Å². The summed E-state index contributed by atoms with van der Waals surface area (Å²) in [6, 6.07) is 0.260. The van der Waals surface area contributed by atoms with Crippen molar-refractivity contribution >= 4 is 5.91 Å². The number of carbonyl (C=O) groups is 1. The van der Waals surface area contributed by atoms with Gasteiger partial charge in [-0.25, -0.2) is 0 Å². The fraction of sp³-hybridized carbons (Fsp3) is 0.889. The number of carbonyl (C=O) groups excluding carboxylic acids is 1. The first kappa shape index (κ1) is 11.4. The molecule has 0 unspecified atom stereocenters. The van der Waals surface area contributed by atoms with Crippen LogP contribution in [0.1, 0.15) is 6.42 Å². The predicted molar refractivity (Wildman–Crippen MR) is 53.9 cm³/mol. The molecular weight excluding hydrogens is 182 g/mol. The van der Waals surface area contributed by atoms with Gasteiger partial charge in [0.1, 0.15) is 0 Å². The zero-order valence-corrected chi connectivity index (χ0v) is 8.66. The molecule has 0 aromatic rings. The number of rotatable bonds is 6. The highest BCUT2D eigenvalue weighted by Gasteiger charge is 2.24. The molecule has 5 heteroatoms. The second kappa shape index (κ2) is 5.95. The van der Waals surface area contributed by atoms with E-state index < -0.39 is 0 Å². The molecule has 1 rings (SSSR count). The van der Waals surface area contributed by atoms with Crippen LogP contribution in [-0.4, -0.2) is 56.7 Å².